The summed E-state index contributed by atoms with van der Waals surface area (Å²) in [6.07, 6.45) is 0.904. The molecule has 0 saturated heterocycles. The van der Waals surface area contributed by atoms with Crippen molar-refractivity contribution in [3.63, 3.8) is 0 Å². The Hall–Kier alpha value is -3.16. The molecular formula is C13H6N2O6. The maximum absolute atomic E-state index is 12.2. The van der Waals surface area contributed by atoms with Gasteiger partial charge in [-0.3, -0.25) is 24.5 Å². The summed E-state index contributed by atoms with van der Waals surface area (Å²) in [5, 5.41) is 10.7. The molecule has 0 aromatic carbocycles. The molecule has 1 aliphatic rings. The largest absolute Gasteiger partial charge is 0.449 e. The van der Waals surface area contributed by atoms with Crippen LogP contribution in [0.3, 0.4) is 0 Å². The van der Waals surface area contributed by atoms with E-state index in [1.807, 2.05) is 0 Å². The van der Waals surface area contributed by atoms with Crippen molar-refractivity contribution >= 4 is 23.0 Å². The van der Waals surface area contributed by atoms with Crippen LogP contribution in [0.25, 0.3) is 0 Å². The first kappa shape index (κ1) is 12.9. The van der Waals surface area contributed by atoms with Crippen molar-refractivity contribution in [2.24, 2.45) is 0 Å². The number of aromatic nitrogens is 1. The van der Waals surface area contributed by atoms with E-state index < -0.39 is 28.0 Å². The zero-order chi connectivity index (χ0) is 15.3. The Morgan fingerprint density at radius 3 is 2.57 bits per heavy atom. The van der Waals surface area contributed by atoms with E-state index in [4.69, 9.17) is 4.42 Å². The van der Waals surface area contributed by atoms with E-state index in [0.717, 1.165) is 12.3 Å². The zero-order valence-corrected chi connectivity index (χ0v) is 10.6. The van der Waals surface area contributed by atoms with Gasteiger partial charge in [-0.1, -0.05) is 0 Å². The Kier molecular flexibility index (Phi) is 2.55. The van der Waals surface area contributed by atoms with Crippen molar-refractivity contribution in [3.05, 3.63) is 56.8 Å². The highest BCUT2D eigenvalue weighted by Crippen LogP contribution is 2.30. The molecule has 2 heterocycles. The number of ketones is 3. The Bertz CT molecular complexity index is 848. The summed E-state index contributed by atoms with van der Waals surface area (Å²) in [7, 11) is 0. The molecule has 0 aliphatic heterocycles. The van der Waals surface area contributed by atoms with E-state index in [9.17, 15) is 24.5 Å². The first-order valence-electron chi connectivity index (χ1n) is 5.78. The fourth-order valence-corrected chi connectivity index (χ4v) is 2.06. The summed E-state index contributed by atoms with van der Waals surface area (Å²) >= 11 is 0. The van der Waals surface area contributed by atoms with Crippen LogP contribution in [0, 0.1) is 10.1 Å². The summed E-state index contributed by atoms with van der Waals surface area (Å²) in [4.78, 5) is 49.4. The van der Waals surface area contributed by atoms with Gasteiger partial charge in [-0.15, -0.1) is 0 Å². The average molecular weight is 286 g/mol. The van der Waals surface area contributed by atoms with E-state index in [2.05, 4.69) is 4.98 Å². The summed E-state index contributed by atoms with van der Waals surface area (Å²) in [5.41, 5.74) is -0.851. The SMILES string of the molecule is CC(=O)c1cc2c(o1)C(=O)c1cc([N+](=O)[O-])cnc1C2=O. The topological polar surface area (TPSA) is 120 Å². The lowest BCUT2D eigenvalue weighted by Crippen LogP contribution is -2.20. The van der Waals surface area contributed by atoms with Gasteiger partial charge in [0.2, 0.25) is 11.6 Å². The summed E-state index contributed by atoms with van der Waals surface area (Å²) in [6.45, 7) is 1.23. The molecule has 0 amide bonds. The minimum Gasteiger partial charge on any atom is -0.449 e. The second-order valence-electron chi connectivity index (χ2n) is 4.41. The van der Waals surface area contributed by atoms with Gasteiger partial charge in [0, 0.05) is 13.0 Å². The van der Waals surface area contributed by atoms with E-state index in [-0.39, 0.29) is 28.3 Å². The van der Waals surface area contributed by atoms with Crippen LogP contribution in [0.5, 0.6) is 0 Å². The molecule has 8 heteroatoms. The Morgan fingerprint density at radius 1 is 1.24 bits per heavy atom. The predicted octanol–water partition coefficient (Wildman–Crippen LogP) is 1.56. The highest BCUT2D eigenvalue weighted by Gasteiger charge is 2.36. The van der Waals surface area contributed by atoms with Gasteiger partial charge < -0.3 is 4.42 Å². The van der Waals surface area contributed by atoms with Gasteiger partial charge in [0.15, 0.2) is 17.3 Å². The zero-order valence-electron chi connectivity index (χ0n) is 10.6. The number of furan rings is 1. The fourth-order valence-electron chi connectivity index (χ4n) is 2.06. The molecule has 0 N–H and O–H groups in total. The first-order valence-corrected chi connectivity index (χ1v) is 5.78. The van der Waals surface area contributed by atoms with E-state index in [0.29, 0.717) is 0 Å². The molecule has 0 radical (unpaired) electrons. The number of carbonyl (C=O) groups is 3. The molecule has 3 rings (SSSR count). The van der Waals surface area contributed by atoms with Crippen LogP contribution < -0.4 is 0 Å². The third-order valence-corrected chi connectivity index (χ3v) is 3.07. The van der Waals surface area contributed by atoms with Crippen LogP contribution in [-0.2, 0) is 0 Å². The van der Waals surface area contributed by atoms with Crippen molar-refractivity contribution in [1.29, 1.82) is 0 Å². The van der Waals surface area contributed by atoms with E-state index >= 15 is 0 Å². The molecule has 2 aromatic heterocycles. The smallest absolute Gasteiger partial charge is 0.288 e. The van der Waals surface area contributed by atoms with Crippen molar-refractivity contribution < 1.29 is 23.7 Å². The number of carbonyl (C=O) groups excluding carboxylic acids is 3. The molecule has 0 bridgehead atoms. The highest BCUT2D eigenvalue weighted by molar-refractivity contribution is 6.27. The molecule has 1 aliphatic carbocycles. The van der Waals surface area contributed by atoms with Crippen LogP contribution in [0.4, 0.5) is 5.69 Å². The third-order valence-electron chi connectivity index (χ3n) is 3.07. The predicted molar refractivity (Wildman–Crippen MR) is 66.5 cm³/mol. The Balaban J connectivity index is 2.22. The minimum atomic E-state index is -0.719. The monoisotopic (exact) mass is 286 g/mol. The van der Waals surface area contributed by atoms with Gasteiger partial charge in [-0.05, 0) is 6.07 Å². The summed E-state index contributed by atoms with van der Waals surface area (Å²) < 4.78 is 5.09. The van der Waals surface area contributed by atoms with Crippen molar-refractivity contribution in [2.75, 3.05) is 0 Å². The normalized spacial score (nSPS) is 12.8. The van der Waals surface area contributed by atoms with Gasteiger partial charge in [-0.2, -0.15) is 0 Å². The molecule has 0 unspecified atom stereocenters. The number of hydrogen-bond donors (Lipinski definition) is 0. The van der Waals surface area contributed by atoms with Gasteiger partial charge in [0.25, 0.3) is 5.69 Å². The lowest BCUT2D eigenvalue weighted by Gasteiger charge is -2.11. The lowest BCUT2D eigenvalue weighted by molar-refractivity contribution is -0.385. The number of hydrogen-bond acceptors (Lipinski definition) is 7. The molecule has 0 saturated carbocycles. The van der Waals surface area contributed by atoms with Crippen LogP contribution in [0.1, 0.15) is 49.6 Å². The van der Waals surface area contributed by atoms with Crippen LogP contribution in [-0.4, -0.2) is 27.3 Å². The van der Waals surface area contributed by atoms with E-state index in [1.54, 1.807) is 0 Å². The van der Waals surface area contributed by atoms with Crippen molar-refractivity contribution in [1.82, 2.24) is 4.98 Å². The van der Waals surface area contributed by atoms with Crippen LogP contribution in [0.2, 0.25) is 0 Å². The second-order valence-corrected chi connectivity index (χ2v) is 4.41. The standard InChI is InChI=1S/C13H6N2O6/c1-5(16)9-3-8-11(17)10-7(12(18)13(8)21-9)2-6(4-14-10)15(19)20/h2-4H,1H3. The molecular weight excluding hydrogens is 280 g/mol. The number of fused-ring (bicyclic) bond motifs is 2. The molecule has 21 heavy (non-hydrogen) atoms. The maximum Gasteiger partial charge on any atom is 0.288 e. The number of nitrogens with zero attached hydrogens (tertiary/aromatic N) is 2. The highest BCUT2D eigenvalue weighted by atomic mass is 16.6. The molecule has 0 spiro atoms. The molecule has 0 atom stereocenters. The third kappa shape index (κ3) is 1.76. The average Bonchev–Trinajstić information content (AvgIpc) is 2.90. The van der Waals surface area contributed by atoms with Crippen molar-refractivity contribution in [2.45, 2.75) is 6.92 Å². The first-order chi connectivity index (χ1) is 9.90. The summed E-state index contributed by atoms with van der Waals surface area (Å²) in [5.74, 6) is -2.16. The van der Waals surface area contributed by atoms with Gasteiger partial charge in [-0.25, -0.2) is 4.98 Å². The summed E-state index contributed by atoms with van der Waals surface area (Å²) in [6, 6.07) is 2.16. The Morgan fingerprint density at radius 2 is 1.95 bits per heavy atom. The molecule has 8 nitrogen and oxygen atoms in total. The number of nitro groups is 1. The maximum atomic E-state index is 12.2. The molecule has 0 fully saturated rings. The van der Waals surface area contributed by atoms with E-state index in [1.165, 1.54) is 13.0 Å². The molecule has 2 aromatic rings. The van der Waals surface area contributed by atoms with Gasteiger partial charge >= 0.3 is 0 Å². The number of pyridine rings is 1. The minimum absolute atomic E-state index is 0.0564. The quantitative estimate of drug-likeness (QED) is 0.398. The fraction of sp³-hybridized carbons (Fsp3) is 0.0769. The van der Waals surface area contributed by atoms with Gasteiger partial charge in [0.05, 0.1) is 16.1 Å². The number of Topliss-reactive ketones (excluding diaryl/α,β-unsaturated/α-hetero) is 1. The number of rotatable bonds is 2. The van der Waals surface area contributed by atoms with Crippen LogP contribution >= 0.6 is 0 Å². The Labute approximate surface area is 116 Å². The second kappa shape index (κ2) is 4.17. The van der Waals surface area contributed by atoms with Gasteiger partial charge in [0.1, 0.15) is 11.9 Å². The van der Waals surface area contributed by atoms with Crippen molar-refractivity contribution in [3.8, 4) is 0 Å². The van der Waals surface area contributed by atoms with Crippen LogP contribution in [0.15, 0.2) is 22.7 Å². The molecule has 104 valence electrons. The lowest BCUT2D eigenvalue weighted by atomic mass is 9.92.